The topological polar surface area (TPSA) is 102 Å². The fraction of sp³-hybridized carbons (Fsp3) is 0.400. The van der Waals surface area contributed by atoms with Crippen LogP contribution in [0.1, 0.15) is 11.1 Å². The number of aromatic nitrogens is 3. The standard InChI is InChI=1S/C20H17F5N4O4/c21-10-2-1-3-11(22)8(10)5-26-17-9(20(23,24)25)4-12-18(28-17)29-19(27-12)33-14-7-32-15-13(30)6-31-16(14)15/h1-4,13-16,30H,5-7H2,(H2,26,27,28,29)/t13-,14-,15?,16?/m1/s1. The maximum Gasteiger partial charge on any atom is 0.420 e. The molecular weight excluding hydrogens is 455 g/mol. The molecule has 4 heterocycles. The van der Waals surface area contributed by atoms with E-state index < -0.39 is 65.7 Å². The van der Waals surface area contributed by atoms with Crippen LogP contribution in [0, 0.1) is 11.6 Å². The molecular formula is C20H17F5N4O4. The molecule has 0 spiro atoms. The maximum absolute atomic E-state index is 13.9. The number of fused-ring (bicyclic) bond motifs is 2. The van der Waals surface area contributed by atoms with Crippen molar-refractivity contribution in [1.82, 2.24) is 15.0 Å². The van der Waals surface area contributed by atoms with Gasteiger partial charge in [-0.3, -0.25) is 0 Å². The number of aliphatic hydroxyl groups excluding tert-OH is 1. The number of aliphatic hydroxyl groups is 1. The Kier molecular flexibility index (Phi) is 5.34. The van der Waals surface area contributed by atoms with Crippen LogP contribution in [-0.4, -0.2) is 57.7 Å². The van der Waals surface area contributed by atoms with Gasteiger partial charge in [0.25, 0.3) is 6.01 Å². The molecule has 176 valence electrons. The summed E-state index contributed by atoms with van der Waals surface area (Å²) < 4.78 is 85.2. The van der Waals surface area contributed by atoms with E-state index in [-0.39, 0.29) is 30.4 Å². The first kappa shape index (κ1) is 21.8. The summed E-state index contributed by atoms with van der Waals surface area (Å²) in [5.74, 6) is -2.44. The third-order valence-electron chi connectivity index (χ3n) is 5.50. The Morgan fingerprint density at radius 3 is 2.58 bits per heavy atom. The Balaban J connectivity index is 1.42. The van der Waals surface area contributed by atoms with Crippen molar-refractivity contribution >= 4 is 17.0 Å². The molecule has 2 aliphatic heterocycles. The van der Waals surface area contributed by atoms with Crippen molar-refractivity contribution in [2.24, 2.45) is 0 Å². The molecule has 5 rings (SSSR count). The summed E-state index contributed by atoms with van der Waals surface area (Å²) in [5.41, 5.74) is -1.72. The van der Waals surface area contributed by atoms with Crippen LogP contribution in [0.25, 0.3) is 11.2 Å². The zero-order valence-electron chi connectivity index (χ0n) is 16.7. The molecule has 0 radical (unpaired) electrons. The number of nitrogens with one attached hydrogen (secondary N) is 2. The zero-order valence-corrected chi connectivity index (χ0v) is 16.7. The van der Waals surface area contributed by atoms with Crippen LogP contribution in [-0.2, 0) is 22.2 Å². The van der Waals surface area contributed by atoms with Gasteiger partial charge in [-0.15, -0.1) is 0 Å². The summed E-state index contributed by atoms with van der Waals surface area (Å²) in [7, 11) is 0. The number of imidazole rings is 1. The van der Waals surface area contributed by atoms with Gasteiger partial charge in [0.1, 0.15) is 41.3 Å². The number of nitrogens with zero attached hydrogens (tertiary/aromatic N) is 2. The number of H-pyrrole nitrogens is 1. The lowest BCUT2D eigenvalue weighted by Gasteiger charge is -2.15. The third-order valence-corrected chi connectivity index (χ3v) is 5.50. The van der Waals surface area contributed by atoms with Gasteiger partial charge in [0.2, 0.25) is 0 Å². The highest BCUT2D eigenvalue weighted by molar-refractivity contribution is 5.76. The van der Waals surface area contributed by atoms with Crippen LogP contribution in [0.4, 0.5) is 27.8 Å². The van der Waals surface area contributed by atoms with E-state index in [0.717, 1.165) is 24.3 Å². The van der Waals surface area contributed by atoms with Crippen molar-refractivity contribution in [2.75, 3.05) is 18.5 Å². The van der Waals surface area contributed by atoms with Crippen molar-refractivity contribution in [3.63, 3.8) is 0 Å². The lowest BCUT2D eigenvalue weighted by Crippen LogP contribution is -2.34. The average molecular weight is 472 g/mol. The number of rotatable bonds is 5. The van der Waals surface area contributed by atoms with Crippen LogP contribution >= 0.6 is 0 Å². The van der Waals surface area contributed by atoms with Gasteiger partial charge in [0.15, 0.2) is 11.8 Å². The predicted octanol–water partition coefficient (Wildman–Crippen LogP) is 2.77. The number of hydrogen-bond acceptors (Lipinski definition) is 7. The minimum atomic E-state index is -4.80. The van der Waals surface area contributed by atoms with E-state index in [4.69, 9.17) is 14.2 Å². The molecule has 0 saturated carbocycles. The first-order valence-corrected chi connectivity index (χ1v) is 9.93. The second-order valence-corrected chi connectivity index (χ2v) is 7.67. The molecule has 0 amide bonds. The van der Waals surface area contributed by atoms with E-state index in [2.05, 4.69) is 20.3 Å². The number of halogens is 5. The molecule has 3 aromatic rings. The van der Waals surface area contributed by atoms with E-state index in [1.807, 2.05) is 0 Å². The van der Waals surface area contributed by atoms with E-state index in [1.165, 1.54) is 0 Å². The highest BCUT2D eigenvalue weighted by atomic mass is 19.4. The summed E-state index contributed by atoms with van der Waals surface area (Å²) in [4.78, 5) is 10.6. The second kappa shape index (κ2) is 8.08. The van der Waals surface area contributed by atoms with Crippen molar-refractivity contribution < 1.29 is 41.3 Å². The average Bonchev–Trinajstić information content (AvgIpc) is 3.43. The third kappa shape index (κ3) is 4.07. The Labute approximate surface area is 182 Å². The molecule has 4 atom stereocenters. The van der Waals surface area contributed by atoms with Gasteiger partial charge in [-0.1, -0.05) is 6.07 Å². The van der Waals surface area contributed by atoms with Gasteiger partial charge in [0.05, 0.1) is 18.7 Å². The van der Waals surface area contributed by atoms with Crippen LogP contribution in [0.15, 0.2) is 24.3 Å². The Morgan fingerprint density at radius 1 is 1.12 bits per heavy atom. The molecule has 0 bridgehead atoms. The van der Waals surface area contributed by atoms with Crippen LogP contribution in [0.2, 0.25) is 0 Å². The van der Waals surface area contributed by atoms with E-state index >= 15 is 0 Å². The lowest BCUT2D eigenvalue weighted by molar-refractivity contribution is -0.137. The summed E-state index contributed by atoms with van der Waals surface area (Å²) in [6.45, 7) is -0.370. The second-order valence-electron chi connectivity index (χ2n) is 7.67. The Bertz CT molecular complexity index is 1170. The molecule has 33 heavy (non-hydrogen) atoms. The van der Waals surface area contributed by atoms with E-state index in [9.17, 15) is 27.1 Å². The van der Waals surface area contributed by atoms with Crippen molar-refractivity contribution in [3.05, 3.63) is 47.0 Å². The summed E-state index contributed by atoms with van der Waals surface area (Å²) in [6.07, 6.45) is -7.31. The first-order valence-electron chi connectivity index (χ1n) is 9.93. The molecule has 8 nitrogen and oxygen atoms in total. The monoisotopic (exact) mass is 472 g/mol. The van der Waals surface area contributed by atoms with Crippen molar-refractivity contribution in [1.29, 1.82) is 0 Å². The fourth-order valence-corrected chi connectivity index (χ4v) is 3.89. The minimum Gasteiger partial charge on any atom is -0.456 e. The number of hydrogen-bond donors (Lipinski definition) is 3. The van der Waals surface area contributed by atoms with Gasteiger partial charge in [0, 0.05) is 12.1 Å². The summed E-state index contributed by atoms with van der Waals surface area (Å²) in [6, 6.07) is 3.83. The van der Waals surface area contributed by atoms with Crippen molar-refractivity contribution in [2.45, 2.75) is 37.1 Å². The molecule has 2 aromatic heterocycles. The summed E-state index contributed by atoms with van der Waals surface area (Å²) in [5, 5.41) is 12.2. The van der Waals surface area contributed by atoms with Gasteiger partial charge < -0.3 is 29.6 Å². The fourth-order valence-electron chi connectivity index (χ4n) is 3.89. The number of anilines is 1. The SMILES string of the molecule is O[C@@H]1COC2C1OC[C@H]2Oc1nc2nc(NCc3c(F)cccc3F)c(C(F)(F)F)cc2[nH]1. The first-order chi connectivity index (χ1) is 15.7. The number of aromatic amines is 1. The Hall–Kier alpha value is -3.03. The molecule has 13 heteroatoms. The molecule has 2 aliphatic rings. The van der Waals surface area contributed by atoms with Crippen molar-refractivity contribution in [3.8, 4) is 6.01 Å². The Morgan fingerprint density at radius 2 is 1.85 bits per heavy atom. The van der Waals surface area contributed by atoms with Gasteiger partial charge in [-0.2, -0.15) is 18.2 Å². The largest absolute Gasteiger partial charge is 0.456 e. The quantitative estimate of drug-likeness (QED) is 0.491. The number of benzene rings is 1. The lowest BCUT2D eigenvalue weighted by atomic mass is 10.1. The van der Waals surface area contributed by atoms with Gasteiger partial charge in [-0.25, -0.2) is 13.8 Å². The number of ether oxygens (including phenoxy) is 3. The molecule has 3 N–H and O–H groups in total. The number of pyridine rings is 1. The van der Waals surface area contributed by atoms with Crippen LogP contribution in [0.3, 0.4) is 0 Å². The minimum absolute atomic E-state index is 0.0530. The van der Waals surface area contributed by atoms with Gasteiger partial charge >= 0.3 is 6.18 Å². The van der Waals surface area contributed by atoms with Crippen LogP contribution < -0.4 is 10.1 Å². The highest BCUT2D eigenvalue weighted by Gasteiger charge is 2.48. The molecule has 1 aromatic carbocycles. The normalized spacial score (nSPS) is 24.9. The number of alkyl halides is 3. The molecule has 2 fully saturated rings. The van der Waals surface area contributed by atoms with Gasteiger partial charge in [-0.05, 0) is 18.2 Å². The molecule has 2 saturated heterocycles. The molecule has 0 aliphatic carbocycles. The molecule has 2 unspecified atom stereocenters. The highest BCUT2D eigenvalue weighted by Crippen LogP contribution is 2.36. The predicted molar refractivity (Wildman–Crippen MR) is 102 cm³/mol. The van der Waals surface area contributed by atoms with Crippen LogP contribution in [0.5, 0.6) is 6.01 Å². The van der Waals surface area contributed by atoms with E-state index in [1.54, 1.807) is 0 Å². The summed E-state index contributed by atoms with van der Waals surface area (Å²) >= 11 is 0. The smallest absolute Gasteiger partial charge is 0.420 e. The zero-order chi connectivity index (χ0) is 23.3. The maximum atomic E-state index is 13.9. The van der Waals surface area contributed by atoms with E-state index in [0.29, 0.717) is 0 Å².